The first kappa shape index (κ1) is 15.7. The first-order chi connectivity index (χ1) is 9.95. The number of nitrogens with two attached hydrogens (primary N) is 1. The lowest BCUT2D eigenvalue weighted by atomic mass is 9.97. The average molecular weight is 315 g/mol. The standard InChI is InChI=1S/C14H17ClFN3O2/c15-10-3-4-12(11(16)6-10)18-13(20)8-19-5-1-2-9(7-19)14(17)21/h3-4,6,9H,1-2,5,7-8H2,(H2,17,21)(H,18,20)/p+1/t9-/m0/s1. The Bertz CT molecular complexity index is 553. The maximum Gasteiger partial charge on any atom is 0.279 e. The van der Waals surface area contributed by atoms with Crippen molar-refractivity contribution in [3.05, 3.63) is 29.0 Å². The van der Waals surface area contributed by atoms with E-state index in [1.54, 1.807) is 0 Å². The highest BCUT2D eigenvalue weighted by atomic mass is 35.5. The Hall–Kier alpha value is -1.66. The molecule has 2 rings (SSSR count). The number of nitrogens with one attached hydrogen (secondary N) is 2. The van der Waals surface area contributed by atoms with Gasteiger partial charge in [0.05, 0.1) is 24.7 Å². The van der Waals surface area contributed by atoms with Crippen LogP contribution in [0.1, 0.15) is 12.8 Å². The van der Waals surface area contributed by atoms with Crippen LogP contribution in [-0.4, -0.2) is 31.4 Å². The summed E-state index contributed by atoms with van der Waals surface area (Å²) in [4.78, 5) is 24.1. The molecule has 0 aromatic heterocycles. The number of benzene rings is 1. The first-order valence-corrected chi connectivity index (χ1v) is 7.21. The molecule has 114 valence electrons. The number of likely N-dealkylation sites (tertiary alicyclic amines) is 1. The maximum absolute atomic E-state index is 13.6. The zero-order valence-electron chi connectivity index (χ0n) is 11.5. The Morgan fingerprint density at radius 1 is 1.48 bits per heavy atom. The molecule has 1 aliphatic heterocycles. The first-order valence-electron chi connectivity index (χ1n) is 6.83. The molecule has 0 spiro atoms. The monoisotopic (exact) mass is 314 g/mol. The number of amides is 2. The van der Waals surface area contributed by atoms with E-state index in [9.17, 15) is 14.0 Å². The SMILES string of the molecule is NC(=O)[C@H]1CCC[NH+](CC(=O)Nc2ccc(Cl)cc2F)C1. The van der Waals surface area contributed by atoms with Crippen molar-refractivity contribution in [2.45, 2.75) is 12.8 Å². The maximum atomic E-state index is 13.6. The molecule has 1 fully saturated rings. The van der Waals surface area contributed by atoms with Crippen LogP contribution >= 0.6 is 11.6 Å². The molecule has 1 heterocycles. The third kappa shape index (κ3) is 4.41. The predicted molar refractivity (Wildman–Crippen MR) is 77.5 cm³/mol. The van der Waals surface area contributed by atoms with Crippen LogP contribution in [0.5, 0.6) is 0 Å². The number of carbonyl (C=O) groups excluding carboxylic acids is 2. The largest absolute Gasteiger partial charge is 0.369 e. The van der Waals surface area contributed by atoms with Crippen molar-refractivity contribution < 1.29 is 18.9 Å². The van der Waals surface area contributed by atoms with Crippen LogP contribution in [0, 0.1) is 11.7 Å². The average Bonchev–Trinajstić information content (AvgIpc) is 2.42. The second-order valence-corrected chi connectivity index (χ2v) is 5.73. The number of hydrogen-bond donors (Lipinski definition) is 3. The molecule has 5 nitrogen and oxygen atoms in total. The van der Waals surface area contributed by atoms with Crippen molar-refractivity contribution in [3.63, 3.8) is 0 Å². The minimum atomic E-state index is -0.570. The molecule has 0 bridgehead atoms. The van der Waals surface area contributed by atoms with Crippen molar-refractivity contribution in [2.24, 2.45) is 11.7 Å². The van der Waals surface area contributed by atoms with Crippen LogP contribution in [-0.2, 0) is 9.59 Å². The number of rotatable bonds is 4. The number of quaternary nitrogens is 1. The molecular formula is C14H18ClFN3O2+. The van der Waals surface area contributed by atoms with Gasteiger partial charge in [-0.05, 0) is 31.0 Å². The molecule has 1 aromatic carbocycles. The summed E-state index contributed by atoms with van der Waals surface area (Å²) in [6, 6.07) is 4.08. The number of anilines is 1. The van der Waals surface area contributed by atoms with E-state index < -0.39 is 5.82 Å². The highest BCUT2D eigenvalue weighted by Gasteiger charge is 2.28. The summed E-state index contributed by atoms with van der Waals surface area (Å²) in [5.41, 5.74) is 5.41. The van der Waals surface area contributed by atoms with Crippen LogP contribution in [0.4, 0.5) is 10.1 Å². The lowest BCUT2D eigenvalue weighted by Gasteiger charge is -2.27. The second kappa shape index (κ2) is 6.87. The predicted octanol–water partition coefficient (Wildman–Crippen LogP) is 0.198. The highest BCUT2D eigenvalue weighted by molar-refractivity contribution is 6.30. The lowest BCUT2D eigenvalue weighted by Crippen LogP contribution is -3.14. The van der Waals surface area contributed by atoms with Crippen LogP contribution in [0.15, 0.2) is 18.2 Å². The molecular weight excluding hydrogens is 297 g/mol. The van der Waals surface area contributed by atoms with Gasteiger partial charge < -0.3 is 16.0 Å². The van der Waals surface area contributed by atoms with E-state index in [2.05, 4.69) is 5.32 Å². The van der Waals surface area contributed by atoms with Crippen molar-refractivity contribution in [3.8, 4) is 0 Å². The van der Waals surface area contributed by atoms with Gasteiger partial charge in [-0.15, -0.1) is 0 Å². The zero-order valence-corrected chi connectivity index (χ0v) is 12.3. The molecule has 0 radical (unpaired) electrons. The van der Waals surface area contributed by atoms with Gasteiger partial charge in [0, 0.05) is 5.02 Å². The lowest BCUT2D eigenvalue weighted by molar-refractivity contribution is -0.899. The Balaban J connectivity index is 1.91. The van der Waals surface area contributed by atoms with E-state index in [1.807, 2.05) is 0 Å². The van der Waals surface area contributed by atoms with Gasteiger partial charge in [-0.25, -0.2) is 4.39 Å². The summed E-state index contributed by atoms with van der Waals surface area (Å²) in [5, 5.41) is 2.79. The van der Waals surface area contributed by atoms with E-state index >= 15 is 0 Å². The zero-order chi connectivity index (χ0) is 15.4. The summed E-state index contributed by atoms with van der Waals surface area (Å²) < 4.78 is 13.6. The van der Waals surface area contributed by atoms with Crippen LogP contribution in [0.25, 0.3) is 0 Å². The molecule has 2 atom stereocenters. The molecule has 4 N–H and O–H groups in total. The van der Waals surface area contributed by atoms with Crippen molar-refractivity contribution in [1.29, 1.82) is 0 Å². The molecule has 1 saturated heterocycles. The molecule has 0 aliphatic carbocycles. The molecule has 2 amide bonds. The third-order valence-corrected chi connectivity index (χ3v) is 3.87. The topological polar surface area (TPSA) is 76.6 Å². The number of primary amides is 1. The molecule has 1 aromatic rings. The van der Waals surface area contributed by atoms with Crippen LogP contribution in [0.2, 0.25) is 5.02 Å². The molecule has 1 unspecified atom stereocenters. The Kier molecular flexibility index (Phi) is 5.14. The fraction of sp³-hybridized carbons (Fsp3) is 0.429. The van der Waals surface area contributed by atoms with Crippen molar-refractivity contribution in [2.75, 3.05) is 25.0 Å². The van der Waals surface area contributed by atoms with E-state index in [1.165, 1.54) is 12.1 Å². The van der Waals surface area contributed by atoms with Crippen molar-refractivity contribution in [1.82, 2.24) is 0 Å². The summed E-state index contributed by atoms with van der Waals surface area (Å²) in [5.74, 6) is -1.37. The highest BCUT2D eigenvalue weighted by Crippen LogP contribution is 2.18. The Morgan fingerprint density at radius 2 is 2.24 bits per heavy atom. The van der Waals surface area contributed by atoms with Gasteiger partial charge >= 0.3 is 0 Å². The van der Waals surface area contributed by atoms with Crippen LogP contribution in [0.3, 0.4) is 0 Å². The molecule has 7 heteroatoms. The molecule has 21 heavy (non-hydrogen) atoms. The van der Waals surface area contributed by atoms with Crippen molar-refractivity contribution >= 4 is 29.1 Å². The minimum Gasteiger partial charge on any atom is -0.369 e. The van der Waals surface area contributed by atoms with Gasteiger partial charge in [0.2, 0.25) is 5.91 Å². The fourth-order valence-corrected chi connectivity index (χ4v) is 2.73. The van der Waals surface area contributed by atoms with E-state index in [4.69, 9.17) is 17.3 Å². The third-order valence-electron chi connectivity index (χ3n) is 3.64. The summed E-state index contributed by atoms with van der Waals surface area (Å²) in [6.07, 6.45) is 1.62. The van der Waals surface area contributed by atoms with Gasteiger partial charge in [-0.3, -0.25) is 9.59 Å². The normalized spacial score (nSPS) is 21.8. The van der Waals surface area contributed by atoms with Gasteiger partial charge in [0.1, 0.15) is 5.82 Å². The van der Waals surface area contributed by atoms with E-state index in [-0.39, 0.29) is 35.0 Å². The van der Waals surface area contributed by atoms with E-state index in [0.717, 1.165) is 30.4 Å². The van der Waals surface area contributed by atoms with Gasteiger partial charge in [-0.2, -0.15) is 0 Å². The van der Waals surface area contributed by atoms with Crippen LogP contribution < -0.4 is 16.0 Å². The summed E-state index contributed by atoms with van der Waals surface area (Å²) in [7, 11) is 0. The Morgan fingerprint density at radius 3 is 2.90 bits per heavy atom. The number of piperidine rings is 1. The number of hydrogen-bond acceptors (Lipinski definition) is 2. The second-order valence-electron chi connectivity index (χ2n) is 5.29. The smallest absolute Gasteiger partial charge is 0.279 e. The quantitative estimate of drug-likeness (QED) is 0.742. The summed E-state index contributed by atoms with van der Waals surface area (Å²) in [6.45, 7) is 1.54. The number of halogens is 2. The fourth-order valence-electron chi connectivity index (χ4n) is 2.57. The van der Waals surface area contributed by atoms with Gasteiger partial charge in [0.15, 0.2) is 6.54 Å². The molecule has 1 aliphatic rings. The minimum absolute atomic E-state index is 0.104. The Labute approximate surface area is 127 Å². The van der Waals surface area contributed by atoms with E-state index in [0.29, 0.717) is 6.54 Å². The number of carbonyl (C=O) groups is 2. The molecule has 0 saturated carbocycles. The van der Waals surface area contributed by atoms with Gasteiger partial charge in [0.25, 0.3) is 5.91 Å². The summed E-state index contributed by atoms with van der Waals surface area (Å²) >= 11 is 5.65. The van der Waals surface area contributed by atoms with Gasteiger partial charge in [-0.1, -0.05) is 11.6 Å².